The third-order valence-electron chi connectivity index (χ3n) is 4.09. The van der Waals surface area contributed by atoms with Gasteiger partial charge in [0.15, 0.2) is 0 Å². The third kappa shape index (κ3) is 2.29. The van der Waals surface area contributed by atoms with E-state index in [1.54, 1.807) is 0 Å². The zero-order valence-corrected chi connectivity index (χ0v) is 10.2. The van der Waals surface area contributed by atoms with Gasteiger partial charge in [-0.3, -0.25) is 4.79 Å². The maximum Gasteiger partial charge on any atom is 0.329 e. The summed E-state index contributed by atoms with van der Waals surface area (Å²) in [6.07, 6.45) is 3.67. The molecule has 1 saturated carbocycles. The van der Waals surface area contributed by atoms with Crippen LogP contribution >= 0.6 is 0 Å². The fraction of sp³-hybridized carbons (Fsp3) is 0.833. The van der Waals surface area contributed by atoms with Crippen molar-refractivity contribution >= 4 is 11.9 Å². The molecule has 0 bridgehead atoms. The summed E-state index contributed by atoms with van der Waals surface area (Å²) in [5.41, 5.74) is -1.00. The molecule has 3 N–H and O–H groups in total. The summed E-state index contributed by atoms with van der Waals surface area (Å²) in [4.78, 5) is 23.4. The molecule has 5 nitrogen and oxygen atoms in total. The highest BCUT2D eigenvalue weighted by molar-refractivity contribution is 5.88. The van der Waals surface area contributed by atoms with E-state index in [0.717, 1.165) is 25.8 Å². The van der Waals surface area contributed by atoms with Gasteiger partial charge in [-0.2, -0.15) is 0 Å². The first kappa shape index (κ1) is 12.4. The Morgan fingerprint density at radius 1 is 1.35 bits per heavy atom. The lowest BCUT2D eigenvalue weighted by Gasteiger charge is -2.27. The minimum absolute atomic E-state index is 0.0909. The largest absolute Gasteiger partial charge is 0.480 e. The van der Waals surface area contributed by atoms with Crippen LogP contribution in [0, 0.1) is 5.92 Å². The van der Waals surface area contributed by atoms with Gasteiger partial charge in [0, 0.05) is 6.04 Å². The SMILES string of the molecule is CC1NCCC1C(=O)NC1(C(=O)O)CCCC1. The Bertz CT molecular complexity index is 324. The number of carboxylic acids is 1. The number of hydrogen-bond donors (Lipinski definition) is 3. The van der Waals surface area contributed by atoms with E-state index in [9.17, 15) is 14.7 Å². The number of carbonyl (C=O) groups is 2. The van der Waals surface area contributed by atoms with Gasteiger partial charge in [-0.05, 0) is 32.7 Å². The third-order valence-corrected chi connectivity index (χ3v) is 4.09. The van der Waals surface area contributed by atoms with Crippen LogP contribution in [0.4, 0.5) is 0 Å². The molecule has 2 aliphatic rings. The Hall–Kier alpha value is -1.10. The molecule has 0 spiro atoms. The van der Waals surface area contributed by atoms with E-state index in [1.165, 1.54) is 0 Å². The normalized spacial score (nSPS) is 31.4. The van der Waals surface area contributed by atoms with Crippen LogP contribution in [-0.4, -0.2) is 35.1 Å². The first-order chi connectivity index (χ1) is 8.05. The standard InChI is InChI=1S/C12H20N2O3/c1-8-9(4-7-13-8)10(15)14-12(11(16)17)5-2-3-6-12/h8-9,13H,2-7H2,1H3,(H,14,15)(H,16,17). The van der Waals surface area contributed by atoms with Gasteiger partial charge in [-0.15, -0.1) is 0 Å². The van der Waals surface area contributed by atoms with Gasteiger partial charge in [0.2, 0.25) is 5.91 Å². The maximum absolute atomic E-state index is 12.1. The fourth-order valence-corrected chi connectivity index (χ4v) is 2.92. The van der Waals surface area contributed by atoms with Crippen LogP contribution in [0.2, 0.25) is 0 Å². The Kier molecular flexibility index (Phi) is 3.38. The molecule has 0 aromatic carbocycles. The summed E-state index contributed by atoms with van der Waals surface area (Å²) in [6.45, 7) is 2.80. The molecule has 1 saturated heterocycles. The van der Waals surface area contributed by atoms with E-state index in [1.807, 2.05) is 6.92 Å². The number of rotatable bonds is 3. The van der Waals surface area contributed by atoms with Gasteiger partial charge in [0.25, 0.3) is 0 Å². The lowest BCUT2D eigenvalue weighted by Crippen LogP contribution is -2.55. The van der Waals surface area contributed by atoms with E-state index in [-0.39, 0.29) is 17.9 Å². The van der Waals surface area contributed by atoms with Crippen LogP contribution in [0.25, 0.3) is 0 Å². The fourth-order valence-electron chi connectivity index (χ4n) is 2.92. The lowest BCUT2D eigenvalue weighted by molar-refractivity contribution is -0.148. The predicted octanol–water partition coefficient (Wildman–Crippen LogP) is 0.498. The maximum atomic E-state index is 12.1. The van der Waals surface area contributed by atoms with Gasteiger partial charge in [0.05, 0.1) is 5.92 Å². The topological polar surface area (TPSA) is 78.4 Å². The Labute approximate surface area is 101 Å². The molecule has 0 radical (unpaired) electrons. The van der Waals surface area contributed by atoms with Crippen LogP contribution in [-0.2, 0) is 9.59 Å². The first-order valence-electron chi connectivity index (χ1n) is 6.34. The van der Waals surface area contributed by atoms with Gasteiger partial charge in [0.1, 0.15) is 5.54 Å². The van der Waals surface area contributed by atoms with Crippen molar-refractivity contribution in [2.45, 2.75) is 50.6 Å². The minimum Gasteiger partial charge on any atom is -0.480 e. The van der Waals surface area contributed by atoms with Crippen LogP contribution < -0.4 is 10.6 Å². The monoisotopic (exact) mass is 240 g/mol. The second-order valence-electron chi connectivity index (χ2n) is 5.22. The molecule has 2 atom stereocenters. The van der Waals surface area contributed by atoms with Crippen molar-refractivity contribution in [3.8, 4) is 0 Å². The van der Waals surface area contributed by atoms with Crippen molar-refractivity contribution in [1.82, 2.24) is 10.6 Å². The highest BCUT2D eigenvalue weighted by atomic mass is 16.4. The minimum atomic E-state index is -1.00. The molecule has 5 heteroatoms. The number of hydrogen-bond acceptors (Lipinski definition) is 3. The molecule has 0 aromatic heterocycles. The summed E-state index contributed by atoms with van der Waals surface area (Å²) >= 11 is 0. The Morgan fingerprint density at radius 3 is 2.47 bits per heavy atom. The smallest absolute Gasteiger partial charge is 0.329 e. The van der Waals surface area contributed by atoms with Gasteiger partial charge in [-0.25, -0.2) is 4.79 Å². The van der Waals surface area contributed by atoms with Gasteiger partial charge >= 0.3 is 5.97 Å². The zero-order chi connectivity index (χ0) is 12.5. The van der Waals surface area contributed by atoms with Crippen molar-refractivity contribution < 1.29 is 14.7 Å². The second-order valence-corrected chi connectivity index (χ2v) is 5.22. The Balaban J connectivity index is 2.03. The highest BCUT2D eigenvalue weighted by Crippen LogP contribution is 2.30. The summed E-state index contributed by atoms with van der Waals surface area (Å²) in [7, 11) is 0. The number of nitrogens with one attached hydrogen (secondary N) is 2. The number of carboxylic acid groups (broad SMARTS) is 1. The van der Waals surface area contributed by atoms with Gasteiger partial charge < -0.3 is 15.7 Å². The van der Waals surface area contributed by atoms with Crippen LogP contribution in [0.3, 0.4) is 0 Å². The van der Waals surface area contributed by atoms with E-state index in [0.29, 0.717) is 12.8 Å². The van der Waals surface area contributed by atoms with E-state index in [4.69, 9.17) is 0 Å². The molecule has 17 heavy (non-hydrogen) atoms. The summed E-state index contributed by atoms with van der Waals surface area (Å²) < 4.78 is 0. The number of aliphatic carboxylic acids is 1. The molecule has 2 unspecified atom stereocenters. The molecule has 96 valence electrons. The summed E-state index contributed by atoms with van der Waals surface area (Å²) in [5.74, 6) is -1.08. The highest BCUT2D eigenvalue weighted by Gasteiger charge is 2.44. The zero-order valence-electron chi connectivity index (χ0n) is 10.2. The van der Waals surface area contributed by atoms with E-state index >= 15 is 0 Å². The second kappa shape index (κ2) is 4.64. The molecular formula is C12H20N2O3. The quantitative estimate of drug-likeness (QED) is 0.671. The molecule has 0 aromatic rings. The van der Waals surface area contributed by atoms with Crippen molar-refractivity contribution in [3.63, 3.8) is 0 Å². The van der Waals surface area contributed by atoms with Crippen LogP contribution in [0.5, 0.6) is 0 Å². The average molecular weight is 240 g/mol. The molecule has 2 fully saturated rings. The van der Waals surface area contributed by atoms with Crippen LogP contribution in [0.1, 0.15) is 39.0 Å². The first-order valence-corrected chi connectivity index (χ1v) is 6.34. The van der Waals surface area contributed by atoms with E-state index in [2.05, 4.69) is 10.6 Å². The molecule has 1 amide bonds. The van der Waals surface area contributed by atoms with E-state index < -0.39 is 11.5 Å². The number of carbonyl (C=O) groups excluding carboxylic acids is 1. The molecule has 1 heterocycles. The van der Waals surface area contributed by atoms with Crippen molar-refractivity contribution in [2.75, 3.05) is 6.54 Å². The molecular weight excluding hydrogens is 220 g/mol. The molecule has 2 rings (SSSR count). The Morgan fingerprint density at radius 2 is 2.00 bits per heavy atom. The average Bonchev–Trinajstić information content (AvgIpc) is 2.87. The molecule has 1 aliphatic carbocycles. The van der Waals surface area contributed by atoms with Gasteiger partial charge in [-0.1, -0.05) is 12.8 Å². The lowest BCUT2D eigenvalue weighted by atomic mass is 9.94. The van der Waals surface area contributed by atoms with Crippen molar-refractivity contribution in [2.24, 2.45) is 5.92 Å². The van der Waals surface area contributed by atoms with Crippen molar-refractivity contribution in [1.29, 1.82) is 0 Å². The summed E-state index contributed by atoms with van der Waals surface area (Å²) in [6, 6.07) is 0.141. The predicted molar refractivity (Wildman–Crippen MR) is 62.5 cm³/mol. The summed E-state index contributed by atoms with van der Waals surface area (Å²) in [5, 5.41) is 15.3. The van der Waals surface area contributed by atoms with Crippen LogP contribution in [0.15, 0.2) is 0 Å². The molecule has 1 aliphatic heterocycles. The number of amides is 1. The van der Waals surface area contributed by atoms with Crippen molar-refractivity contribution in [3.05, 3.63) is 0 Å².